The Hall–Kier alpha value is -1.27. The number of nitrogens with zero attached hydrogens (tertiary/aromatic N) is 1. The number of rotatable bonds is 5. The molecule has 122 valence electrons. The molecule has 2 amide bonds. The average molecular weight is 308 g/mol. The summed E-state index contributed by atoms with van der Waals surface area (Å²) in [7, 11) is 0. The van der Waals surface area contributed by atoms with Gasteiger partial charge in [0.15, 0.2) is 0 Å². The van der Waals surface area contributed by atoms with Crippen LogP contribution in [-0.4, -0.2) is 41.0 Å². The minimum absolute atomic E-state index is 0.164. The average Bonchev–Trinajstić information content (AvgIpc) is 2.29. The SMILES string of the molecule is CCC1C(=O)NC(CC(C)C)C(=O)N1C(C)CC(F)(F)F. The van der Waals surface area contributed by atoms with Crippen LogP contribution in [0.4, 0.5) is 13.2 Å². The Labute approximate surface area is 123 Å². The van der Waals surface area contributed by atoms with Crippen LogP contribution in [0.25, 0.3) is 0 Å². The molecule has 0 saturated carbocycles. The van der Waals surface area contributed by atoms with Crippen molar-refractivity contribution in [3.63, 3.8) is 0 Å². The van der Waals surface area contributed by atoms with Gasteiger partial charge in [-0.15, -0.1) is 0 Å². The van der Waals surface area contributed by atoms with Crippen LogP contribution in [0, 0.1) is 5.92 Å². The number of piperazine rings is 1. The van der Waals surface area contributed by atoms with Gasteiger partial charge in [0.1, 0.15) is 12.1 Å². The van der Waals surface area contributed by atoms with Gasteiger partial charge in [0.05, 0.1) is 6.42 Å². The zero-order chi connectivity index (χ0) is 16.4. The Morgan fingerprint density at radius 3 is 2.24 bits per heavy atom. The lowest BCUT2D eigenvalue weighted by atomic mass is 9.95. The van der Waals surface area contributed by atoms with E-state index in [-0.39, 0.29) is 11.8 Å². The first kappa shape index (κ1) is 17.8. The molecular weight excluding hydrogens is 285 g/mol. The summed E-state index contributed by atoms with van der Waals surface area (Å²) in [6.45, 7) is 6.83. The molecule has 1 fully saturated rings. The van der Waals surface area contributed by atoms with Crippen LogP contribution in [0.1, 0.15) is 47.0 Å². The van der Waals surface area contributed by atoms with E-state index in [1.54, 1.807) is 6.92 Å². The van der Waals surface area contributed by atoms with E-state index in [9.17, 15) is 22.8 Å². The molecule has 1 aliphatic rings. The number of carbonyl (C=O) groups excluding carboxylic acids is 2. The second-order valence-corrected chi connectivity index (χ2v) is 6.03. The van der Waals surface area contributed by atoms with Crippen LogP contribution in [0.5, 0.6) is 0 Å². The lowest BCUT2D eigenvalue weighted by Gasteiger charge is -2.42. The second-order valence-electron chi connectivity index (χ2n) is 6.03. The van der Waals surface area contributed by atoms with Crippen LogP contribution in [-0.2, 0) is 9.59 Å². The molecule has 4 nitrogen and oxygen atoms in total. The minimum Gasteiger partial charge on any atom is -0.342 e. The van der Waals surface area contributed by atoms with Crippen LogP contribution in [0.2, 0.25) is 0 Å². The largest absolute Gasteiger partial charge is 0.391 e. The molecule has 0 aliphatic carbocycles. The summed E-state index contributed by atoms with van der Waals surface area (Å²) in [6.07, 6.45) is -4.74. The third kappa shape index (κ3) is 4.61. The van der Waals surface area contributed by atoms with Crippen LogP contribution < -0.4 is 5.32 Å². The molecule has 7 heteroatoms. The summed E-state index contributed by atoms with van der Waals surface area (Å²) >= 11 is 0. The number of amides is 2. The number of alkyl halides is 3. The topological polar surface area (TPSA) is 49.4 Å². The Morgan fingerprint density at radius 1 is 1.24 bits per heavy atom. The number of carbonyl (C=O) groups is 2. The molecule has 0 bridgehead atoms. The summed E-state index contributed by atoms with van der Waals surface area (Å²) in [5, 5.41) is 2.63. The highest BCUT2D eigenvalue weighted by Crippen LogP contribution is 2.28. The molecule has 1 aliphatic heterocycles. The maximum Gasteiger partial charge on any atom is 0.391 e. The van der Waals surface area contributed by atoms with Gasteiger partial charge in [-0.05, 0) is 25.7 Å². The van der Waals surface area contributed by atoms with E-state index < -0.39 is 36.6 Å². The van der Waals surface area contributed by atoms with Gasteiger partial charge < -0.3 is 10.2 Å². The smallest absolute Gasteiger partial charge is 0.342 e. The first-order valence-corrected chi connectivity index (χ1v) is 7.26. The fraction of sp³-hybridized carbons (Fsp3) is 0.857. The minimum atomic E-state index is -4.36. The number of halogens is 3. The molecular formula is C14H23F3N2O2. The fourth-order valence-corrected chi connectivity index (χ4v) is 2.76. The lowest BCUT2D eigenvalue weighted by molar-refractivity contribution is -0.165. The molecule has 0 spiro atoms. The van der Waals surface area contributed by atoms with Crippen molar-refractivity contribution in [1.82, 2.24) is 10.2 Å². The molecule has 3 atom stereocenters. The van der Waals surface area contributed by atoms with E-state index in [0.717, 1.165) is 4.90 Å². The quantitative estimate of drug-likeness (QED) is 0.848. The van der Waals surface area contributed by atoms with Crippen molar-refractivity contribution in [2.75, 3.05) is 0 Å². The molecule has 21 heavy (non-hydrogen) atoms. The van der Waals surface area contributed by atoms with E-state index >= 15 is 0 Å². The summed E-state index contributed by atoms with van der Waals surface area (Å²) in [5.74, 6) is -0.610. The van der Waals surface area contributed by atoms with Gasteiger partial charge in [-0.2, -0.15) is 13.2 Å². The maximum absolute atomic E-state index is 12.6. The van der Waals surface area contributed by atoms with Gasteiger partial charge in [0, 0.05) is 6.04 Å². The highest BCUT2D eigenvalue weighted by molar-refractivity contribution is 5.97. The summed E-state index contributed by atoms with van der Waals surface area (Å²) in [4.78, 5) is 25.6. The molecule has 1 N–H and O–H groups in total. The Balaban J connectivity index is 2.98. The maximum atomic E-state index is 12.6. The van der Waals surface area contributed by atoms with Gasteiger partial charge in [-0.25, -0.2) is 0 Å². The van der Waals surface area contributed by atoms with Crippen molar-refractivity contribution in [2.45, 2.75) is 71.3 Å². The van der Waals surface area contributed by atoms with Crippen LogP contribution in [0.3, 0.4) is 0 Å². The van der Waals surface area contributed by atoms with Gasteiger partial charge in [0.25, 0.3) is 0 Å². The summed E-state index contributed by atoms with van der Waals surface area (Å²) in [6, 6.07) is -2.59. The van der Waals surface area contributed by atoms with Crippen molar-refractivity contribution in [1.29, 1.82) is 0 Å². The first-order chi connectivity index (χ1) is 9.56. The normalized spacial score (nSPS) is 25.2. The molecule has 3 unspecified atom stereocenters. The Bertz CT molecular complexity index is 396. The summed E-state index contributed by atoms with van der Waals surface area (Å²) in [5.41, 5.74) is 0. The molecule has 0 aromatic heterocycles. The lowest BCUT2D eigenvalue weighted by Crippen LogP contribution is -2.65. The van der Waals surface area contributed by atoms with Gasteiger partial charge in [0.2, 0.25) is 11.8 Å². The van der Waals surface area contributed by atoms with Crippen molar-refractivity contribution in [3.05, 3.63) is 0 Å². The molecule has 1 heterocycles. The van der Waals surface area contributed by atoms with Crippen molar-refractivity contribution < 1.29 is 22.8 Å². The zero-order valence-electron chi connectivity index (χ0n) is 12.8. The predicted molar refractivity (Wildman–Crippen MR) is 72.4 cm³/mol. The van der Waals surface area contributed by atoms with Crippen molar-refractivity contribution in [3.8, 4) is 0 Å². The highest BCUT2D eigenvalue weighted by Gasteiger charge is 2.44. The van der Waals surface area contributed by atoms with E-state index in [1.165, 1.54) is 6.92 Å². The van der Waals surface area contributed by atoms with Gasteiger partial charge in [-0.1, -0.05) is 20.8 Å². The van der Waals surface area contributed by atoms with E-state index in [4.69, 9.17) is 0 Å². The third-order valence-corrected chi connectivity index (χ3v) is 3.60. The third-order valence-electron chi connectivity index (χ3n) is 3.60. The Kier molecular flexibility index (Phi) is 5.64. The van der Waals surface area contributed by atoms with Gasteiger partial charge in [-0.3, -0.25) is 9.59 Å². The van der Waals surface area contributed by atoms with Gasteiger partial charge >= 0.3 is 6.18 Å². The number of hydrogen-bond donors (Lipinski definition) is 1. The molecule has 0 radical (unpaired) electrons. The van der Waals surface area contributed by atoms with Crippen molar-refractivity contribution >= 4 is 11.8 Å². The molecule has 0 aromatic rings. The molecule has 1 saturated heterocycles. The zero-order valence-corrected chi connectivity index (χ0v) is 12.8. The number of hydrogen-bond acceptors (Lipinski definition) is 2. The molecule has 1 rings (SSSR count). The van der Waals surface area contributed by atoms with Crippen LogP contribution in [0.15, 0.2) is 0 Å². The molecule has 0 aromatic carbocycles. The van der Waals surface area contributed by atoms with E-state index in [0.29, 0.717) is 12.8 Å². The first-order valence-electron chi connectivity index (χ1n) is 7.26. The monoisotopic (exact) mass is 308 g/mol. The second kappa shape index (κ2) is 6.66. The summed E-state index contributed by atoms with van der Waals surface area (Å²) < 4.78 is 37.8. The van der Waals surface area contributed by atoms with E-state index in [2.05, 4.69) is 5.32 Å². The number of nitrogens with one attached hydrogen (secondary N) is 1. The fourth-order valence-electron chi connectivity index (χ4n) is 2.76. The predicted octanol–water partition coefficient (Wildman–Crippen LogP) is 2.48. The highest BCUT2D eigenvalue weighted by atomic mass is 19.4. The Morgan fingerprint density at radius 2 is 1.81 bits per heavy atom. The van der Waals surface area contributed by atoms with Crippen LogP contribution >= 0.6 is 0 Å². The van der Waals surface area contributed by atoms with E-state index in [1.807, 2.05) is 13.8 Å². The standard InChI is InChI=1S/C14H23F3N2O2/c1-5-11-12(20)18-10(6-8(2)3)13(21)19(11)9(4)7-14(15,16)17/h8-11H,5-7H2,1-4H3,(H,18,20). The van der Waals surface area contributed by atoms with Crippen molar-refractivity contribution in [2.24, 2.45) is 5.92 Å².